The van der Waals surface area contributed by atoms with E-state index in [1.165, 1.54) is 18.2 Å². The summed E-state index contributed by atoms with van der Waals surface area (Å²) < 4.78 is 27.7. The normalized spacial score (nSPS) is 11.3. The fourth-order valence-electron chi connectivity index (χ4n) is 1.40. The lowest BCUT2D eigenvalue weighted by molar-refractivity contribution is -0.115. The second kappa shape index (κ2) is 7.58. The molecule has 0 aromatic heterocycles. The molecule has 0 radical (unpaired) electrons. The third-order valence-electron chi connectivity index (χ3n) is 2.41. The Labute approximate surface area is 123 Å². The molecule has 1 aromatic carbocycles. The van der Waals surface area contributed by atoms with E-state index in [4.69, 9.17) is 16.3 Å². The van der Waals surface area contributed by atoms with Gasteiger partial charge in [-0.2, -0.15) is 0 Å². The highest BCUT2D eigenvalue weighted by atomic mass is 35.5. The van der Waals surface area contributed by atoms with E-state index in [-0.39, 0.29) is 28.1 Å². The number of halogens is 1. The molecule has 0 unspecified atom stereocenters. The molecule has 2 N–H and O–H groups in total. The number of carbonyl (C=O) groups excluding carboxylic acids is 1. The van der Waals surface area contributed by atoms with Crippen molar-refractivity contribution in [3.63, 3.8) is 0 Å². The summed E-state index contributed by atoms with van der Waals surface area (Å²) in [6, 6.07) is 4.17. The number of carbonyl (C=O) groups is 1. The molecule has 0 fully saturated rings. The molecule has 0 bridgehead atoms. The summed E-state index contributed by atoms with van der Waals surface area (Å²) in [6.45, 7) is 1.13. The van der Waals surface area contributed by atoms with E-state index in [2.05, 4.69) is 10.6 Å². The highest BCUT2D eigenvalue weighted by Gasteiger charge is 2.12. The van der Waals surface area contributed by atoms with Crippen LogP contribution in [0, 0.1) is 0 Å². The summed E-state index contributed by atoms with van der Waals surface area (Å²) in [5, 5.41) is 5.71. The van der Waals surface area contributed by atoms with Crippen LogP contribution in [0.25, 0.3) is 0 Å². The molecule has 20 heavy (non-hydrogen) atoms. The molecule has 0 saturated carbocycles. The van der Waals surface area contributed by atoms with Crippen LogP contribution in [-0.4, -0.2) is 47.4 Å². The first kappa shape index (κ1) is 16.9. The minimum Gasteiger partial charge on any atom is -0.383 e. The van der Waals surface area contributed by atoms with Gasteiger partial charge in [-0.3, -0.25) is 4.79 Å². The second-order valence-corrected chi connectivity index (χ2v) is 6.55. The standard InChI is InChI=1S/C12H17ClN2O4S/c1-19-6-5-14-8-12(16)15-11-7-9(20(2,17)18)3-4-10(11)13/h3-4,7,14H,5-6,8H2,1-2H3,(H,15,16). The van der Waals surface area contributed by atoms with Crippen LogP contribution in [0.15, 0.2) is 23.1 Å². The molecule has 1 amide bonds. The molecule has 1 rings (SSSR count). The Morgan fingerprint density at radius 3 is 2.70 bits per heavy atom. The van der Waals surface area contributed by atoms with Gasteiger partial charge in [-0.05, 0) is 18.2 Å². The Kier molecular flexibility index (Phi) is 6.41. The molecule has 112 valence electrons. The number of sulfone groups is 1. The fraction of sp³-hybridized carbons (Fsp3) is 0.417. The van der Waals surface area contributed by atoms with Gasteiger partial charge < -0.3 is 15.4 Å². The summed E-state index contributed by atoms with van der Waals surface area (Å²) >= 11 is 5.92. The van der Waals surface area contributed by atoms with Crippen LogP contribution in [0.5, 0.6) is 0 Å². The molecule has 0 saturated heterocycles. The van der Waals surface area contributed by atoms with E-state index >= 15 is 0 Å². The summed E-state index contributed by atoms with van der Waals surface area (Å²) in [5.41, 5.74) is 0.271. The molecule has 0 aliphatic heterocycles. The maximum Gasteiger partial charge on any atom is 0.238 e. The number of amides is 1. The summed E-state index contributed by atoms with van der Waals surface area (Å²) in [4.78, 5) is 11.8. The van der Waals surface area contributed by atoms with Crippen molar-refractivity contribution in [1.29, 1.82) is 0 Å². The van der Waals surface area contributed by atoms with Crippen molar-refractivity contribution >= 4 is 33.0 Å². The van der Waals surface area contributed by atoms with Gasteiger partial charge in [0.1, 0.15) is 0 Å². The van der Waals surface area contributed by atoms with Crippen LogP contribution >= 0.6 is 11.6 Å². The van der Waals surface area contributed by atoms with E-state index in [9.17, 15) is 13.2 Å². The maximum atomic E-state index is 11.7. The fourth-order valence-corrected chi connectivity index (χ4v) is 2.21. The Hall–Kier alpha value is -1.15. The number of anilines is 1. The van der Waals surface area contributed by atoms with E-state index in [0.29, 0.717) is 13.2 Å². The number of hydrogen-bond donors (Lipinski definition) is 2. The number of benzene rings is 1. The van der Waals surface area contributed by atoms with Crippen molar-refractivity contribution in [2.24, 2.45) is 0 Å². The van der Waals surface area contributed by atoms with Crippen LogP contribution in [0.1, 0.15) is 0 Å². The van der Waals surface area contributed by atoms with Gasteiger partial charge in [-0.1, -0.05) is 11.6 Å². The van der Waals surface area contributed by atoms with E-state index in [1.807, 2.05) is 0 Å². The lowest BCUT2D eigenvalue weighted by Crippen LogP contribution is -2.30. The van der Waals surface area contributed by atoms with Gasteiger partial charge >= 0.3 is 0 Å². The summed E-state index contributed by atoms with van der Waals surface area (Å²) in [5.74, 6) is -0.311. The molecule has 6 nitrogen and oxygen atoms in total. The zero-order valence-corrected chi connectivity index (χ0v) is 12.8. The smallest absolute Gasteiger partial charge is 0.238 e. The predicted octanol–water partition coefficient (Wildman–Crippen LogP) is 0.918. The van der Waals surface area contributed by atoms with Crippen molar-refractivity contribution in [3.8, 4) is 0 Å². The average Bonchev–Trinajstić information content (AvgIpc) is 2.36. The molecule has 8 heteroatoms. The first-order valence-electron chi connectivity index (χ1n) is 5.83. The van der Waals surface area contributed by atoms with Gasteiger partial charge in [0.2, 0.25) is 5.91 Å². The number of rotatable bonds is 7. The third-order valence-corrected chi connectivity index (χ3v) is 3.85. The highest BCUT2D eigenvalue weighted by Crippen LogP contribution is 2.25. The predicted molar refractivity (Wildman–Crippen MR) is 77.9 cm³/mol. The molecule has 0 heterocycles. The molecule has 0 aliphatic carbocycles. The van der Waals surface area contributed by atoms with E-state index in [0.717, 1.165) is 6.26 Å². The lowest BCUT2D eigenvalue weighted by Gasteiger charge is -2.09. The average molecular weight is 321 g/mol. The Bertz CT molecular complexity index is 575. The number of methoxy groups -OCH3 is 1. The molecule has 0 atom stereocenters. The Morgan fingerprint density at radius 1 is 1.40 bits per heavy atom. The SMILES string of the molecule is COCCNCC(=O)Nc1cc(S(C)(=O)=O)ccc1Cl. The van der Waals surface area contributed by atoms with Crippen LogP contribution in [0.2, 0.25) is 5.02 Å². The molecule has 1 aromatic rings. The van der Waals surface area contributed by atoms with Crippen molar-refractivity contribution in [3.05, 3.63) is 23.2 Å². The first-order valence-corrected chi connectivity index (χ1v) is 8.10. The minimum absolute atomic E-state index is 0.0861. The number of nitrogens with one attached hydrogen (secondary N) is 2. The van der Waals surface area contributed by atoms with Gasteiger partial charge in [0.25, 0.3) is 0 Å². The van der Waals surface area contributed by atoms with Gasteiger partial charge in [-0.15, -0.1) is 0 Å². The summed E-state index contributed by atoms with van der Waals surface area (Å²) in [7, 11) is -1.78. The zero-order chi connectivity index (χ0) is 15.2. The second-order valence-electron chi connectivity index (χ2n) is 4.13. The lowest BCUT2D eigenvalue weighted by atomic mass is 10.3. The van der Waals surface area contributed by atoms with Crippen molar-refractivity contribution in [2.45, 2.75) is 4.90 Å². The van der Waals surface area contributed by atoms with E-state index < -0.39 is 9.84 Å². The van der Waals surface area contributed by atoms with Crippen LogP contribution in [0.4, 0.5) is 5.69 Å². The largest absolute Gasteiger partial charge is 0.383 e. The molecular formula is C12H17ClN2O4S. The first-order chi connectivity index (χ1) is 9.34. The molecular weight excluding hydrogens is 304 g/mol. The quantitative estimate of drug-likeness (QED) is 0.730. The van der Waals surface area contributed by atoms with Crippen molar-refractivity contribution in [1.82, 2.24) is 5.32 Å². The maximum absolute atomic E-state index is 11.7. The van der Waals surface area contributed by atoms with Gasteiger partial charge in [0.05, 0.1) is 28.8 Å². The molecule has 0 spiro atoms. The van der Waals surface area contributed by atoms with Gasteiger partial charge in [-0.25, -0.2) is 8.42 Å². The number of hydrogen-bond acceptors (Lipinski definition) is 5. The molecule has 0 aliphatic rings. The van der Waals surface area contributed by atoms with Crippen LogP contribution in [-0.2, 0) is 19.4 Å². The monoisotopic (exact) mass is 320 g/mol. The Balaban J connectivity index is 2.69. The van der Waals surface area contributed by atoms with Crippen molar-refractivity contribution < 1.29 is 17.9 Å². The minimum atomic E-state index is -3.34. The van der Waals surface area contributed by atoms with E-state index in [1.54, 1.807) is 7.11 Å². The van der Waals surface area contributed by atoms with Crippen molar-refractivity contribution in [2.75, 3.05) is 38.4 Å². The van der Waals surface area contributed by atoms with Gasteiger partial charge in [0, 0.05) is 19.9 Å². The summed E-state index contributed by atoms with van der Waals surface area (Å²) in [6.07, 6.45) is 1.09. The van der Waals surface area contributed by atoms with Gasteiger partial charge in [0.15, 0.2) is 9.84 Å². The zero-order valence-electron chi connectivity index (χ0n) is 11.3. The topological polar surface area (TPSA) is 84.5 Å². The highest BCUT2D eigenvalue weighted by molar-refractivity contribution is 7.90. The number of ether oxygens (including phenoxy) is 1. The van der Waals surface area contributed by atoms with Crippen LogP contribution < -0.4 is 10.6 Å². The third kappa shape index (κ3) is 5.46. The van der Waals surface area contributed by atoms with Crippen LogP contribution in [0.3, 0.4) is 0 Å². The Morgan fingerprint density at radius 2 is 2.10 bits per heavy atom.